The van der Waals surface area contributed by atoms with E-state index in [0.29, 0.717) is 24.5 Å². The van der Waals surface area contributed by atoms with E-state index in [1.165, 1.54) is 0 Å². The second-order valence-electron chi connectivity index (χ2n) is 5.09. The lowest BCUT2D eigenvalue weighted by Gasteiger charge is -2.32. The van der Waals surface area contributed by atoms with Gasteiger partial charge in [-0.15, -0.1) is 0 Å². The summed E-state index contributed by atoms with van der Waals surface area (Å²) >= 11 is 0. The number of alkyl halides is 3. The van der Waals surface area contributed by atoms with E-state index in [2.05, 4.69) is 9.72 Å². The maximum atomic E-state index is 12.1. The van der Waals surface area contributed by atoms with Gasteiger partial charge in [0.1, 0.15) is 18.0 Å². The van der Waals surface area contributed by atoms with Crippen LogP contribution in [-0.4, -0.2) is 47.4 Å². The molecule has 10 heteroatoms. The minimum atomic E-state index is -4.97. The van der Waals surface area contributed by atoms with Crippen molar-refractivity contribution < 1.29 is 32.6 Å². The van der Waals surface area contributed by atoms with Gasteiger partial charge in [-0.25, -0.2) is 9.78 Å². The van der Waals surface area contributed by atoms with Gasteiger partial charge in [0.25, 0.3) is 5.97 Å². The summed E-state index contributed by atoms with van der Waals surface area (Å²) in [5, 5.41) is 16.4. The first-order chi connectivity index (χ1) is 11.6. The summed E-state index contributed by atoms with van der Waals surface area (Å²) in [7, 11) is 0. The molecule has 1 aliphatic heterocycles. The van der Waals surface area contributed by atoms with Crippen LogP contribution in [0.4, 0.5) is 19.0 Å². The Balaban J connectivity index is 0.000000705. The van der Waals surface area contributed by atoms with Gasteiger partial charge >= 0.3 is 12.1 Å². The first-order valence-corrected chi connectivity index (χ1v) is 7.22. The molecule has 1 aliphatic rings. The van der Waals surface area contributed by atoms with Crippen LogP contribution in [0.1, 0.15) is 25.3 Å². The number of ether oxygens (including phenoxy) is 1. The smallest absolute Gasteiger partial charge is 0.481 e. The first-order valence-electron chi connectivity index (χ1n) is 7.22. The Labute approximate surface area is 141 Å². The van der Waals surface area contributed by atoms with Crippen LogP contribution < -0.4 is 4.90 Å². The number of carboxylic acid groups (broad SMARTS) is 1. The highest BCUT2D eigenvalue weighted by molar-refractivity contribution is 5.75. The molecule has 0 aliphatic carbocycles. The molecule has 2 rings (SSSR count). The fourth-order valence-electron chi connectivity index (χ4n) is 2.14. The van der Waals surface area contributed by atoms with Gasteiger partial charge in [0, 0.05) is 39.1 Å². The molecule has 1 N–H and O–H groups in total. The maximum absolute atomic E-state index is 12.1. The largest absolute Gasteiger partial charge is 0.490 e. The third-order valence-electron chi connectivity index (χ3n) is 3.15. The average Bonchev–Trinajstić information content (AvgIpc) is 2.54. The van der Waals surface area contributed by atoms with E-state index < -0.39 is 24.2 Å². The monoisotopic (exact) mass is 359 g/mol. The lowest BCUT2D eigenvalue weighted by atomic mass is 10.1. The number of aliphatic carboxylic acids is 1. The summed E-state index contributed by atoms with van der Waals surface area (Å²) in [6.45, 7) is 1.84. The molecule has 0 amide bonds. The zero-order valence-electron chi connectivity index (χ0n) is 13.3. The number of carboxylic acids is 1. The van der Waals surface area contributed by atoms with Gasteiger partial charge in [0.05, 0.1) is 5.56 Å². The Morgan fingerprint density at radius 3 is 2.44 bits per heavy atom. The van der Waals surface area contributed by atoms with Crippen molar-refractivity contribution in [2.45, 2.75) is 32.0 Å². The number of esters is 1. The molecule has 1 fully saturated rings. The van der Waals surface area contributed by atoms with Crippen LogP contribution in [-0.2, 0) is 14.3 Å². The SMILES string of the molecule is CC(=O)O.N#Cc1cccnc1N1CCC(OC(=O)C(F)(F)F)CC1. The maximum Gasteiger partial charge on any atom is 0.490 e. The normalized spacial score (nSPS) is 14.8. The van der Waals surface area contributed by atoms with Crippen molar-refractivity contribution in [2.75, 3.05) is 18.0 Å². The second kappa shape index (κ2) is 8.86. The number of rotatable bonds is 2. The predicted molar refractivity (Wildman–Crippen MR) is 79.6 cm³/mol. The van der Waals surface area contributed by atoms with E-state index in [9.17, 15) is 18.0 Å². The summed E-state index contributed by atoms with van der Waals surface area (Å²) in [6, 6.07) is 5.28. The summed E-state index contributed by atoms with van der Waals surface area (Å²) in [4.78, 5) is 25.7. The molecule has 0 saturated carbocycles. The number of pyridine rings is 1. The summed E-state index contributed by atoms with van der Waals surface area (Å²) in [6.07, 6.45) is -3.64. The van der Waals surface area contributed by atoms with Gasteiger partial charge < -0.3 is 14.7 Å². The molecule has 25 heavy (non-hydrogen) atoms. The highest BCUT2D eigenvalue weighted by atomic mass is 19.4. The number of anilines is 1. The molecule has 136 valence electrons. The molecule has 0 spiro atoms. The van der Waals surface area contributed by atoms with Gasteiger partial charge in [0.15, 0.2) is 0 Å². The van der Waals surface area contributed by atoms with Crippen LogP contribution >= 0.6 is 0 Å². The Bertz CT molecular complexity index is 646. The van der Waals surface area contributed by atoms with Crippen molar-refractivity contribution in [1.29, 1.82) is 5.26 Å². The standard InChI is InChI=1S/C13H12F3N3O2.C2H4O2/c14-13(15,16)12(20)21-10-3-6-19(7-4-10)11-9(8-17)2-1-5-18-11;1-2(3)4/h1-2,5,10H,3-4,6-7H2;1H3,(H,3,4). The molecule has 7 nitrogen and oxygen atoms in total. The molecule has 0 atom stereocenters. The minimum Gasteiger partial charge on any atom is -0.481 e. The van der Waals surface area contributed by atoms with Crippen molar-refractivity contribution in [1.82, 2.24) is 4.98 Å². The van der Waals surface area contributed by atoms with Crippen molar-refractivity contribution in [3.8, 4) is 6.07 Å². The Hall–Kier alpha value is -2.83. The molecular weight excluding hydrogens is 343 g/mol. The zero-order chi connectivity index (χ0) is 19.0. The van der Waals surface area contributed by atoms with E-state index in [0.717, 1.165) is 6.92 Å². The Morgan fingerprint density at radius 2 is 1.96 bits per heavy atom. The number of nitriles is 1. The summed E-state index contributed by atoms with van der Waals surface area (Å²) < 4.78 is 40.8. The van der Waals surface area contributed by atoms with Gasteiger partial charge in [-0.2, -0.15) is 18.4 Å². The molecule has 0 radical (unpaired) electrons. The van der Waals surface area contributed by atoms with Gasteiger partial charge in [-0.1, -0.05) is 0 Å². The van der Waals surface area contributed by atoms with Crippen molar-refractivity contribution in [3.63, 3.8) is 0 Å². The Kier molecular flexibility index (Phi) is 7.17. The van der Waals surface area contributed by atoms with E-state index in [4.69, 9.17) is 15.2 Å². The third-order valence-corrected chi connectivity index (χ3v) is 3.15. The molecular formula is C15H16F3N3O4. The number of nitrogens with zero attached hydrogens (tertiary/aromatic N) is 3. The molecule has 1 aromatic rings. The molecule has 1 aromatic heterocycles. The van der Waals surface area contributed by atoms with Crippen molar-refractivity contribution in [3.05, 3.63) is 23.9 Å². The number of carbonyl (C=O) groups excluding carboxylic acids is 1. The van der Waals surface area contributed by atoms with Crippen LogP contribution in [0.2, 0.25) is 0 Å². The number of carbonyl (C=O) groups is 2. The number of piperidine rings is 1. The molecule has 0 aromatic carbocycles. The summed E-state index contributed by atoms with van der Waals surface area (Å²) in [5.41, 5.74) is 0.406. The predicted octanol–water partition coefficient (Wildman–Crippen LogP) is 2.12. The lowest BCUT2D eigenvalue weighted by molar-refractivity contribution is -0.205. The van der Waals surface area contributed by atoms with Crippen LogP contribution in [0.25, 0.3) is 0 Å². The molecule has 2 heterocycles. The Morgan fingerprint density at radius 1 is 1.40 bits per heavy atom. The van der Waals surface area contributed by atoms with Gasteiger partial charge in [-0.05, 0) is 12.1 Å². The highest BCUT2D eigenvalue weighted by Crippen LogP contribution is 2.24. The quantitative estimate of drug-likeness (QED) is 0.807. The van der Waals surface area contributed by atoms with Gasteiger partial charge in [0.2, 0.25) is 0 Å². The third kappa shape index (κ3) is 6.66. The first kappa shape index (κ1) is 20.2. The second-order valence-corrected chi connectivity index (χ2v) is 5.09. The fourth-order valence-corrected chi connectivity index (χ4v) is 2.14. The van der Waals surface area contributed by atoms with Crippen molar-refractivity contribution >= 4 is 17.8 Å². The van der Waals surface area contributed by atoms with E-state index in [1.54, 1.807) is 23.2 Å². The number of aromatic nitrogens is 1. The topological polar surface area (TPSA) is 104 Å². The van der Waals surface area contributed by atoms with E-state index in [1.807, 2.05) is 6.07 Å². The highest BCUT2D eigenvalue weighted by Gasteiger charge is 2.42. The lowest BCUT2D eigenvalue weighted by Crippen LogP contribution is -2.40. The fraction of sp³-hybridized carbons (Fsp3) is 0.467. The average molecular weight is 359 g/mol. The summed E-state index contributed by atoms with van der Waals surface area (Å²) in [5.74, 6) is -2.49. The van der Waals surface area contributed by atoms with E-state index >= 15 is 0 Å². The molecule has 0 unspecified atom stereocenters. The number of halogens is 3. The van der Waals surface area contributed by atoms with Crippen LogP contribution in [0.15, 0.2) is 18.3 Å². The van der Waals surface area contributed by atoms with Crippen LogP contribution in [0, 0.1) is 11.3 Å². The van der Waals surface area contributed by atoms with E-state index in [-0.39, 0.29) is 12.8 Å². The minimum absolute atomic E-state index is 0.267. The van der Waals surface area contributed by atoms with Crippen molar-refractivity contribution in [2.24, 2.45) is 0 Å². The van der Waals surface area contributed by atoms with Crippen LogP contribution in [0.3, 0.4) is 0 Å². The van der Waals surface area contributed by atoms with Crippen LogP contribution in [0.5, 0.6) is 0 Å². The zero-order valence-corrected chi connectivity index (χ0v) is 13.3. The number of hydrogen-bond donors (Lipinski definition) is 1. The number of hydrogen-bond acceptors (Lipinski definition) is 6. The molecule has 1 saturated heterocycles. The van der Waals surface area contributed by atoms with Gasteiger partial charge in [-0.3, -0.25) is 4.79 Å². The molecule has 0 bridgehead atoms.